The summed E-state index contributed by atoms with van der Waals surface area (Å²) in [6.45, 7) is 12.0. The molecule has 5 aliphatic rings. The van der Waals surface area contributed by atoms with Gasteiger partial charge in [0.05, 0.1) is 12.2 Å². The number of carbonyl (C=O) groups excluding carboxylic acids is 1. The summed E-state index contributed by atoms with van der Waals surface area (Å²) >= 11 is 12.1. The highest BCUT2D eigenvalue weighted by Gasteiger charge is 2.62. The number of nitrogens with zero attached hydrogens (tertiary/aromatic N) is 2. The van der Waals surface area contributed by atoms with Gasteiger partial charge in [0.25, 0.3) is 0 Å². The zero-order valence-electron chi connectivity index (χ0n) is 27.0. The predicted octanol–water partition coefficient (Wildman–Crippen LogP) is 7.65. The van der Waals surface area contributed by atoms with Gasteiger partial charge >= 0.3 is 6.09 Å². The predicted molar refractivity (Wildman–Crippen MR) is 176 cm³/mol. The SMILES string of the molecule is C[C@H](CCCN1CCN(C(=O)OCc2cc(Cl)cc(Cl)c2)CC1)[C@H]1CC[C@H]2[C@@H]3[C@@H](O)C[C@@H]4C[C@H](O)CC[C@]4(C)[C@H]3CC[C@]12C. The Morgan fingerprint density at radius 2 is 1.64 bits per heavy atom. The molecule has 1 aromatic carbocycles. The van der Waals surface area contributed by atoms with Crippen molar-refractivity contribution >= 4 is 29.3 Å². The van der Waals surface area contributed by atoms with E-state index < -0.39 is 0 Å². The summed E-state index contributed by atoms with van der Waals surface area (Å²) in [5, 5.41) is 23.0. The zero-order chi connectivity index (χ0) is 31.2. The summed E-state index contributed by atoms with van der Waals surface area (Å²) in [5.41, 5.74) is 1.42. The number of carbonyl (C=O) groups is 1. The molecule has 1 amide bonds. The molecule has 0 radical (unpaired) electrons. The third-order valence-electron chi connectivity index (χ3n) is 13.5. The molecular weight excluding hydrogens is 595 g/mol. The van der Waals surface area contributed by atoms with Crippen molar-refractivity contribution < 1.29 is 19.7 Å². The Morgan fingerprint density at radius 3 is 2.36 bits per heavy atom. The summed E-state index contributed by atoms with van der Waals surface area (Å²) in [5.74, 6) is 3.59. The van der Waals surface area contributed by atoms with E-state index in [1.165, 1.54) is 38.5 Å². The molecule has 1 aromatic rings. The second-order valence-corrected chi connectivity index (χ2v) is 16.6. The fourth-order valence-corrected chi connectivity index (χ4v) is 11.7. The normalized spacial score (nSPS) is 39.7. The Morgan fingerprint density at radius 1 is 0.955 bits per heavy atom. The van der Waals surface area contributed by atoms with Crippen LogP contribution in [0.5, 0.6) is 0 Å². The molecule has 10 atom stereocenters. The number of amides is 1. The van der Waals surface area contributed by atoms with E-state index in [0.29, 0.717) is 63.6 Å². The van der Waals surface area contributed by atoms with E-state index in [2.05, 4.69) is 25.7 Å². The van der Waals surface area contributed by atoms with E-state index in [-0.39, 0.29) is 24.9 Å². The number of halogens is 2. The van der Waals surface area contributed by atoms with Crippen molar-refractivity contribution in [1.29, 1.82) is 0 Å². The lowest BCUT2D eigenvalue weighted by molar-refractivity contribution is -0.174. The summed E-state index contributed by atoms with van der Waals surface area (Å²) in [7, 11) is 0. The second-order valence-electron chi connectivity index (χ2n) is 15.7. The molecule has 0 aromatic heterocycles. The quantitative estimate of drug-likeness (QED) is 0.318. The second kappa shape index (κ2) is 13.2. The van der Waals surface area contributed by atoms with Crippen LogP contribution < -0.4 is 0 Å². The molecule has 0 bridgehead atoms. The monoisotopic (exact) mass is 648 g/mol. The van der Waals surface area contributed by atoms with Crippen LogP contribution in [-0.4, -0.2) is 71.0 Å². The van der Waals surface area contributed by atoms with Crippen LogP contribution in [0.25, 0.3) is 0 Å². The van der Waals surface area contributed by atoms with Crippen LogP contribution in [-0.2, 0) is 11.3 Å². The van der Waals surface area contributed by atoms with Crippen molar-refractivity contribution in [3.8, 4) is 0 Å². The highest BCUT2D eigenvalue weighted by atomic mass is 35.5. The minimum atomic E-state index is -0.276. The number of piperazine rings is 1. The number of aliphatic hydroxyl groups is 2. The van der Waals surface area contributed by atoms with Gasteiger partial charge in [-0.05, 0) is 141 Å². The lowest BCUT2D eigenvalue weighted by Gasteiger charge is -2.62. The van der Waals surface area contributed by atoms with Crippen molar-refractivity contribution in [3.05, 3.63) is 33.8 Å². The smallest absolute Gasteiger partial charge is 0.410 e. The third-order valence-corrected chi connectivity index (χ3v) is 13.9. The highest BCUT2D eigenvalue weighted by Crippen LogP contribution is 2.68. The number of ether oxygens (including phenoxy) is 1. The van der Waals surface area contributed by atoms with Crippen LogP contribution in [0.15, 0.2) is 18.2 Å². The summed E-state index contributed by atoms with van der Waals surface area (Å²) in [6.07, 6.45) is 10.8. The first-order valence-electron chi connectivity index (χ1n) is 17.4. The van der Waals surface area contributed by atoms with Crippen molar-refractivity contribution in [2.45, 2.75) is 104 Å². The molecule has 4 aliphatic carbocycles. The maximum absolute atomic E-state index is 12.6. The molecular formula is C36H54Cl2N2O4. The van der Waals surface area contributed by atoms with E-state index in [9.17, 15) is 15.0 Å². The number of rotatable bonds is 7. The highest BCUT2D eigenvalue weighted by molar-refractivity contribution is 6.34. The van der Waals surface area contributed by atoms with Gasteiger partial charge in [0, 0.05) is 36.2 Å². The van der Waals surface area contributed by atoms with Crippen LogP contribution in [0.1, 0.15) is 90.5 Å². The van der Waals surface area contributed by atoms with Gasteiger partial charge in [0.1, 0.15) is 6.61 Å². The van der Waals surface area contributed by atoms with Gasteiger partial charge in [-0.25, -0.2) is 4.79 Å². The maximum atomic E-state index is 12.6. The van der Waals surface area contributed by atoms with Crippen molar-refractivity contribution in [2.75, 3.05) is 32.7 Å². The molecule has 4 saturated carbocycles. The summed E-state index contributed by atoms with van der Waals surface area (Å²) < 4.78 is 5.54. The fraction of sp³-hybridized carbons (Fsp3) is 0.806. The van der Waals surface area contributed by atoms with E-state index in [0.717, 1.165) is 56.8 Å². The summed E-state index contributed by atoms with van der Waals surface area (Å²) in [6, 6.07) is 5.22. The van der Waals surface area contributed by atoms with Crippen molar-refractivity contribution in [1.82, 2.24) is 9.80 Å². The zero-order valence-corrected chi connectivity index (χ0v) is 28.5. The number of aliphatic hydroxyl groups excluding tert-OH is 2. The van der Waals surface area contributed by atoms with Gasteiger partial charge < -0.3 is 19.8 Å². The van der Waals surface area contributed by atoms with E-state index in [4.69, 9.17) is 27.9 Å². The molecule has 5 fully saturated rings. The van der Waals surface area contributed by atoms with Gasteiger partial charge in [-0.2, -0.15) is 0 Å². The Hall–Kier alpha value is -1.05. The Kier molecular flexibility index (Phi) is 9.88. The molecule has 0 spiro atoms. The molecule has 2 N–H and O–H groups in total. The molecule has 1 aliphatic heterocycles. The minimum absolute atomic E-state index is 0.169. The van der Waals surface area contributed by atoms with Gasteiger partial charge in [0.15, 0.2) is 0 Å². The van der Waals surface area contributed by atoms with Crippen LogP contribution in [0.2, 0.25) is 10.0 Å². The largest absolute Gasteiger partial charge is 0.445 e. The molecule has 6 rings (SSSR count). The Balaban J connectivity index is 0.956. The molecule has 0 unspecified atom stereocenters. The first kappa shape index (κ1) is 32.9. The number of hydrogen-bond donors (Lipinski definition) is 2. The van der Waals surface area contributed by atoms with Gasteiger partial charge in [0.2, 0.25) is 0 Å². The van der Waals surface area contributed by atoms with E-state index in [1.54, 1.807) is 23.1 Å². The fourth-order valence-electron chi connectivity index (χ4n) is 11.1. The van der Waals surface area contributed by atoms with Crippen LogP contribution >= 0.6 is 23.2 Å². The van der Waals surface area contributed by atoms with Crippen molar-refractivity contribution in [2.24, 2.45) is 46.3 Å². The van der Waals surface area contributed by atoms with Gasteiger partial charge in [-0.1, -0.05) is 44.0 Å². The lowest BCUT2D eigenvalue weighted by atomic mass is 9.43. The van der Waals surface area contributed by atoms with Crippen LogP contribution in [0.4, 0.5) is 4.79 Å². The topological polar surface area (TPSA) is 73.2 Å². The standard InChI is InChI=1S/C36H54Cl2N2O4/c1-23(5-4-12-39-13-15-40(16-14-39)34(43)44-22-24-17-26(37)21-27(38)18-24)29-6-7-30-33-31(9-11-36(29,30)3)35(2)10-8-28(41)19-25(35)20-32(33)42/h17-18,21,23,25,28-33,41-42H,4-16,19-20,22H2,1-3H3/t23-,25+,28-,29-,30+,31+,32+,33+,35+,36-/m1/s1. The number of hydrogen-bond acceptors (Lipinski definition) is 5. The Bertz CT molecular complexity index is 1160. The summed E-state index contributed by atoms with van der Waals surface area (Å²) in [4.78, 5) is 16.9. The molecule has 246 valence electrons. The average molecular weight is 650 g/mol. The van der Waals surface area contributed by atoms with Gasteiger partial charge in [-0.3, -0.25) is 4.90 Å². The molecule has 1 saturated heterocycles. The molecule has 1 heterocycles. The van der Waals surface area contributed by atoms with Crippen LogP contribution in [0, 0.1) is 46.3 Å². The first-order chi connectivity index (χ1) is 21.0. The van der Waals surface area contributed by atoms with E-state index >= 15 is 0 Å². The average Bonchev–Trinajstić information content (AvgIpc) is 3.34. The van der Waals surface area contributed by atoms with Crippen LogP contribution in [0.3, 0.4) is 0 Å². The number of benzene rings is 1. The maximum Gasteiger partial charge on any atom is 0.410 e. The Labute approximate surface area is 274 Å². The lowest BCUT2D eigenvalue weighted by Crippen LogP contribution is -2.58. The van der Waals surface area contributed by atoms with Gasteiger partial charge in [-0.15, -0.1) is 0 Å². The third kappa shape index (κ3) is 6.41. The van der Waals surface area contributed by atoms with Crippen molar-refractivity contribution in [3.63, 3.8) is 0 Å². The van der Waals surface area contributed by atoms with E-state index in [1.807, 2.05) is 0 Å². The number of fused-ring (bicyclic) bond motifs is 5. The minimum Gasteiger partial charge on any atom is -0.445 e. The molecule has 6 nitrogen and oxygen atoms in total. The first-order valence-corrected chi connectivity index (χ1v) is 18.2. The molecule has 44 heavy (non-hydrogen) atoms. The molecule has 8 heteroatoms.